The molecular formula is C22H22N6O. The first-order chi connectivity index (χ1) is 14.2. The van der Waals surface area contributed by atoms with Gasteiger partial charge in [-0.05, 0) is 42.5 Å². The van der Waals surface area contributed by atoms with Crippen LogP contribution in [0.2, 0.25) is 0 Å². The lowest BCUT2D eigenvalue weighted by Crippen LogP contribution is -2.24. The minimum atomic E-state index is -0.118. The van der Waals surface area contributed by atoms with Gasteiger partial charge in [-0.1, -0.05) is 30.4 Å². The van der Waals surface area contributed by atoms with Crippen LogP contribution in [0.5, 0.6) is 0 Å². The zero-order valence-electron chi connectivity index (χ0n) is 15.9. The van der Waals surface area contributed by atoms with Gasteiger partial charge in [0.15, 0.2) is 0 Å². The fourth-order valence-electron chi connectivity index (χ4n) is 4.36. The van der Waals surface area contributed by atoms with E-state index in [0.717, 1.165) is 36.5 Å². The minimum absolute atomic E-state index is 0.118. The van der Waals surface area contributed by atoms with Crippen LogP contribution in [0.15, 0.2) is 59.7 Å². The SMILES string of the molecule is Nc1ncc(-c2ccc3nc(C4CNCC4C4C=CC=CC4)[nH]c(=O)c3c2)cn1. The zero-order valence-corrected chi connectivity index (χ0v) is 15.9. The van der Waals surface area contributed by atoms with Crippen LogP contribution in [0.25, 0.3) is 22.0 Å². The van der Waals surface area contributed by atoms with Crippen molar-refractivity contribution in [2.24, 2.45) is 11.8 Å². The summed E-state index contributed by atoms with van der Waals surface area (Å²) in [5.41, 5.74) is 7.81. The molecule has 2 aliphatic rings. The summed E-state index contributed by atoms with van der Waals surface area (Å²) >= 11 is 0. The molecule has 0 saturated carbocycles. The van der Waals surface area contributed by atoms with Crippen molar-refractivity contribution in [2.75, 3.05) is 18.8 Å². The first kappa shape index (κ1) is 17.8. The van der Waals surface area contributed by atoms with Crippen molar-refractivity contribution < 1.29 is 0 Å². The average molecular weight is 386 g/mol. The van der Waals surface area contributed by atoms with Crippen molar-refractivity contribution in [3.8, 4) is 11.1 Å². The Hall–Kier alpha value is -3.32. The number of hydrogen-bond acceptors (Lipinski definition) is 6. The second-order valence-corrected chi connectivity index (χ2v) is 7.65. The number of nitrogens with one attached hydrogen (secondary N) is 2. The molecule has 146 valence electrons. The molecule has 3 atom stereocenters. The summed E-state index contributed by atoms with van der Waals surface area (Å²) in [4.78, 5) is 28.8. The molecule has 1 aliphatic heterocycles. The lowest BCUT2D eigenvalue weighted by atomic mass is 9.80. The van der Waals surface area contributed by atoms with E-state index in [4.69, 9.17) is 10.7 Å². The molecular weight excluding hydrogens is 364 g/mol. The number of nitrogens with zero attached hydrogens (tertiary/aromatic N) is 3. The van der Waals surface area contributed by atoms with Gasteiger partial charge in [-0.2, -0.15) is 0 Å². The Bertz CT molecular complexity index is 1160. The Balaban J connectivity index is 1.50. The molecule has 0 radical (unpaired) electrons. The fourth-order valence-corrected chi connectivity index (χ4v) is 4.36. The average Bonchev–Trinajstić information content (AvgIpc) is 3.25. The summed E-state index contributed by atoms with van der Waals surface area (Å²) in [7, 11) is 0. The Morgan fingerprint density at radius 1 is 1.07 bits per heavy atom. The van der Waals surface area contributed by atoms with Gasteiger partial charge in [-0.25, -0.2) is 15.0 Å². The van der Waals surface area contributed by atoms with E-state index in [1.165, 1.54) is 0 Å². The first-order valence-electron chi connectivity index (χ1n) is 9.85. The third kappa shape index (κ3) is 3.34. The maximum Gasteiger partial charge on any atom is 0.258 e. The number of allylic oxidation sites excluding steroid dienone is 4. The molecule has 3 heterocycles. The van der Waals surface area contributed by atoms with E-state index >= 15 is 0 Å². The van der Waals surface area contributed by atoms with Crippen LogP contribution in [0.3, 0.4) is 0 Å². The standard InChI is InChI=1S/C22H22N6O/c23-22-25-9-15(10-26-22)14-6-7-19-16(8-14)21(29)28-20(27-19)18-12-24-11-17(18)13-4-2-1-3-5-13/h1-4,6-10,13,17-18,24H,5,11-12H2,(H2,23,25,26)(H,27,28,29). The van der Waals surface area contributed by atoms with Gasteiger partial charge < -0.3 is 16.0 Å². The number of rotatable bonds is 3. The number of H-pyrrole nitrogens is 1. The van der Waals surface area contributed by atoms with E-state index in [9.17, 15) is 4.79 Å². The molecule has 3 unspecified atom stereocenters. The Morgan fingerprint density at radius 2 is 1.93 bits per heavy atom. The van der Waals surface area contributed by atoms with E-state index in [-0.39, 0.29) is 17.4 Å². The predicted octanol–water partition coefficient (Wildman–Crippen LogP) is 2.40. The quantitative estimate of drug-likeness (QED) is 0.638. The summed E-state index contributed by atoms with van der Waals surface area (Å²) in [6.07, 6.45) is 13.0. The van der Waals surface area contributed by atoms with Crippen LogP contribution in [-0.4, -0.2) is 33.0 Å². The number of aromatic amines is 1. The number of nitrogen functional groups attached to an aromatic ring is 1. The topological polar surface area (TPSA) is 110 Å². The maximum atomic E-state index is 12.9. The van der Waals surface area contributed by atoms with Gasteiger partial charge in [0.25, 0.3) is 5.56 Å². The van der Waals surface area contributed by atoms with Gasteiger partial charge in [0, 0.05) is 30.4 Å². The second kappa shape index (κ2) is 7.25. The number of nitrogens with two attached hydrogens (primary N) is 1. The summed E-state index contributed by atoms with van der Waals surface area (Å²) in [6.45, 7) is 1.76. The number of benzene rings is 1. The highest BCUT2D eigenvalue weighted by Crippen LogP contribution is 2.35. The smallest absolute Gasteiger partial charge is 0.258 e. The van der Waals surface area contributed by atoms with Crippen molar-refractivity contribution in [3.63, 3.8) is 0 Å². The highest BCUT2D eigenvalue weighted by molar-refractivity contribution is 5.83. The Morgan fingerprint density at radius 3 is 2.72 bits per heavy atom. The fraction of sp³-hybridized carbons (Fsp3) is 0.273. The van der Waals surface area contributed by atoms with Crippen molar-refractivity contribution in [1.29, 1.82) is 0 Å². The molecule has 0 spiro atoms. The molecule has 1 aliphatic carbocycles. The Kier molecular flexibility index (Phi) is 4.44. The third-order valence-electron chi connectivity index (χ3n) is 5.90. The van der Waals surface area contributed by atoms with E-state index in [2.05, 4.69) is 44.6 Å². The minimum Gasteiger partial charge on any atom is -0.368 e. The van der Waals surface area contributed by atoms with Crippen LogP contribution >= 0.6 is 0 Å². The monoisotopic (exact) mass is 386 g/mol. The molecule has 1 fully saturated rings. The van der Waals surface area contributed by atoms with E-state index in [1.54, 1.807) is 12.4 Å². The summed E-state index contributed by atoms with van der Waals surface area (Å²) in [6, 6.07) is 5.66. The van der Waals surface area contributed by atoms with Gasteiger partial charge >= 0.3 is 0 Å². The summed E-state index contributed by atoms with van der Waals surface area (Å²) in [5, 5.41) is 4.04. The lowest BCUT2D eigenvalue weighted by molar-refractivity contribution is 0.381. The number of anilines is 1. The molecule has 4 N–H and O–H groups in total. The normalized spacial score (nSPS) is 23.7. The van der Waals surface area contributed by atoms with Gasteiger partial charge in [-0.15, -0.1) is 0 Å². The molecule has 0 bridgehead atoms. The molecule has 7 nitrogen and oxygen atoms in total. The largest absolute Gasteiger partial charge is 0.368 e. The summed E-state index contributed by atoms with van der Waals surface area (Å²) < 4.78 is 0. The highest BCUT2D eigenvalue weighted by Gasteiger charge is 2.35. The van der Waals surface area contributed by atoms with Crippen molar-refractivity contribution in [1.82, 2.24) is 25.3 Å². The van der Waals surface area contributed by atoms with Gasteiger partial charge in [-0.3, -0.25) is 4.79 Å². The van der Waals surface area contributed by atoms with Crippen LogP contribution in [0.1, 0.15) is 18.2 Å². The van der Waals surface area contributed by atoms with E-state index in [0.29, 0.717) is 22.7 Å². The molecule has 2 aromatic heterocycles. The lowest BCUT2D eigenvalue weighted by Gasteiger charge is -2.25. The Labute approximate surface area is 167 Å². The number of hydrogen-bond donors (Lipinski definition) is 3. The van der Waals surface area contributed by atoms with Crippen molar-refractivity contribution in [2.45, 2.75) is 12.3 Å². The third-order valence-corrected chi connectivity index (χ3v) is 5.90. The molecule has 1 aromatic carbocycles. The first-order valence-corrected chi connectivity index (χ1v) is 9.85. The molecule has 3 aromatic rings. The predicted molar refractivity (Wildman–Crippen MR) is 113 cm³/mol. The van der Waals surface area contributed by atoms with Gasteiger partial charge in [0.1, 0.15) is 5.82 Å². The van der Waals surface area contributed by atoms with E-state index < -0.39 is 0 Å². The van der Waals surface area contributed by atoms with Crippen LogP contribution < -0.4 is 16.6 Å². The molecule has 7 heteroatoms. The highest BCUT2D eigenvalue weighted by atomic mass is 16.1. The van der Waals surface area contributed by atoms with Crippen LogP contribution in [-0.2, 0) is 0 Å². The number of fused-ring (bicyclic) bond motifs is 1. The molecule has 5 rings (SSSR count). The second-order valence-electron chi connectivity index (χ2n) is 7.65. The van der Waals surface area contributed by atoms with Gasteiger partial charge in [0.05, 0.1) is 10.9 Å². The molecule has 1 saturated heterocycles. The zero-order chi connectivity index (χ0) is 19.8. The summed E-state index contributed by atoms with van der Waals surface area (Å²) in [5.74, 6) is 2.07. The van der Waals surface area contributed by atoms with Gasteiger partial charge in [0.2, 0.25) is 5.95 Å². The van der Waals surface area contributed by atoms with E-state index in [1.807, 2.05) is 18.2 Å². The van der Waals surface area contributed by atoms with Crippen LogP contribution in [0, 0.1) is 11.8 Å². The maximum absolute atomic E-state index is 12.9. The number of aromatic nitrogens is 4. The van der Waals surface area contributed by atoms with Crippen molar-refractivity contribution in [3.05, 3.63) is 71.1 Å². The van der Waals surface area contributed by atoms with Crippen LogP contribution in [0.4, 0.5) is 5.95 Å². The molecule has 0 amide bonds. The van der Waals surface area contributed by atoms with Crippen molar-refractivity contribution >= 4 is 16.9 Å². The molecule has 29 heavy (non-hydrogen) atoms.